The lowest BCUT2D eigenvalue weighted by atomic mass is 9.84. The second-order valence-corrected chi connectivity index (χ2v) is 6.69. The zero-order valence-corrected chi connectivity index (χ0v) is 12.8. The van der Waals surface area contributed by atoms with Crippen LogP contribution >= 0.6 is 15.9 Å². The van der Waals surface area contributed by atoms with Gasteiger partial charge in [-0.25, -0.2) is 0 Å². The summed E-state index contributed by atoms with van der Waals surface area (Å²) in [6.45, 7) is 4.70. The minimum atomic E-state index is -0.743. The van der Waals surface area contributed by atoms with E-state index in [-0.39, 0.29) is 11.3 Å². The van der Waals surface area contributed by atoms with Crippen molar-refractivity contribution in [1.82, 2.24) is 5.32 Å². The van der Waals surface area contributed by atoms with Crippen LogP contribution in [0.5, 0.6) is 0 Å². The van der Waals surface area contributed by atoms with Crippen molar-refractivity contribution in [1.29, 1.82) is 5.26 Å². The first kappa shape index (κ1) is 14.1. The van der Waals surface area contributed by atoms with E-state index in [2.05, 4.69) is 47.2 Å². The summed E-state index contributed by atoms with van der Waals surface area (Å²) in [7, 11) is 0. The van der Waals surface area contributed by atoms with Crippen molar-refractivity contribution in [3.05, 3.63) is 34.3 Å². The molecule has 3 nitrogen and oxygen atoms in total. The highest BCUT2D eigenvalue weighted by atomic mass is 79.9. The predicted octanol–water partition coefficient (Wildman–Crippen LogP) is 3.15. The van der Waals surface area contributed by atoms with Crippen molar-refractivity contribution >= 4 is 21.8 Å². The van der Waals surface area contributed by atoms with Gasteiger partial charge >= 0.3 is 0 Å². The topological polar surface area (TPSA) is 52.9 Å². The van der Waals surface area contributed by atoms with E-state index in [0.29, 0.717) is 19.4 Å². The molecular weight excluding hydrogens is 304 g/mol. The number of hydrogen-bond acceptors (Lipinski definition) is 2. The number of carbonyl (C=O) groups excluding carboxylic acids is 1. The third-order valence-corrected chi connectivity index (χ3v) is 4.19. The Morgan fingerprint density at radius 1 is 1.53 bits per heavy atom. The molecule has 1 aliphatic carbocycles. The van der Waals surface area contributed by atoms with Crippen LogP contribution in [0.1, 0.15) is 32.3 Å². The minimum Gasteiger partial charge on any atom is -0.354 e. The molecule has 0 aliphatic heterocycles. The monoisotopic (exact) mass is 320 g/mol. The molecule has 0 bridgehead atoms. The fraction of sp³-hybridized carbons (Fsp3) is 0.467. The van der Waals surface area contributed by atoms with Crippen LogP contribution in [0.2, 0.25) is 0 Å². The predicted molar refractivity (Wildman–Crippen MR) is 77.5 cm³/mol. The van der Waals surface area contributed by atoms with Gasteiger partial charge in [0.2, 0.25) is 5.91 Å². The van der Waals surface area contributed by atoms with Gasteiger partial charge in [0.1, 0.15) is 5.41 Å². The Balaban J connectivity index is 2.02. The Morgan fingerprint density at radius 3 is 2.74 bits per heavy atom. The van der Waals surface area contributed by atoms with Crippen molar-refractivity contribution in [2.75, 3.05) is 6.54 Å². The molecule has 19 heavy (non-hydrogen) atoms. The molecule has 1 aromatic carbocycles. The van der Waals surface area contributed by atoms with Crippen molar-refractivity contribution in [2.45, 2.75) is 32.1 Å². The van der Waals surface area contributed by atoms with Gasteiger partial charge in [-0.15, -0.1) is 0 Å². The van der Waals surface area contributed by atoms with Crippen LogP contribution < -0.4 is 5.32 Å². The molecule has 0 saturated heterocycles. The molecule has 0 heterocycles. The van der Waals surface area contributed by atoms with Gasteiger partial charge in [0.15, 0.2) is 0 Å². The first-order chi connectivity index (χ1) is 8.89. The number of nitrogens with one attached hydrogen (secondary N) is 1. The maximum Gasteiger partial charge on any atom is 0.240 e. The van der Waals surface area contributed by atoms with Gasteiger partial charge in [0.25, 0.3) is 0 Å². The zero-order valence-electron chi connectivity index (χ0n) is 11.2. The molecule has 1 N–H and O–H groups in total. The number of amides is 1. The largest absolute Gasteiger partial charge is 0.354 e. The normalized spacial score (nSPS) is 16.5. The summed E-state index contributed by atoms with van der Waals surface area (Å²) >= 11 is 3.46. The van der Waals surface area contributed by atoms with E-state index in [1.165, 1.54) is 0 Å². The summed E-state index contributed by atoms with van der Waals surface area (Å²) in [5, 5.41) is 11.9. The molecule has 100 valence electrons. The van der Waals surface area contributed by atoms with Crippen LogP contribution in [0, 0.1) is 16.7 Å². The Bertz CT molecular complexity index is 541. The van der Waals surface area contributed by atoms with E-state index in [1.54, 1.807) is 0 Å². The summed E-state index contributed by atoms with van der Waals surface area (Å²) in [6.07, 6.45) is 1.37. The smallest absolute Gasteiger partial charge is 0.240 e. The molecule has 1 saturated carbocycles. The lowest BCUT2D eigenvalue weighted by molar-refractivity contribution is -0.124. The Kier molecular flexibility index (Phi) is 3.69. The average molecular weight is 321 g/mol. The standard InChI is InChI=1S/C15H17BrN2O/c1-14(2,11-4-3-5-12(16)8-11)10-18-13(19)15(9-17)6-7-15/h3-5,8H,6-7,10H2,1-2H3,(H,18,19). The van der Waals surface area contributed by atoms with Crippen LogP contribution in [0.15, 0.2) is 28.7 Å². The molecule has 0 atom stereocenters. The second-order valence-electron chi connectivity index (χ2n) is 5.77. The van der Waals surface area contributed by atoms with Crippen molar-refractivity contribution < 1.29 is 4.79 Å². The molecule has 1 aromatic rings. The van der Waals surface area contributed by atoms with E-state index in [0.717, 1.165) is 10.0 Å². The quantitative estimate of drug-likeness (QED) is 0.926. The number of rotatable bonds is 4. The SMILES string of the molecule is CC(C)(CNC(=O)C1(C#N)CC1)c1cccc(Br)c1. The summed E-state index contributed by atoms with van der Waals surface area (Å²) in [6, 6.07) is 10.2. The van der Waals surface area contributed by atoms with Crippen LogP contribution in [-0.2, 0) is 10.2 Å². The van der Waals surface area contributed by atoms with E-state index in [1.807, 2.05) is 18.2 Å². The lowest BCUT2D eigenvalue weighted by Gasteiger charge is -2.26. The van der Waals surface area contributed by atoms with Crippen LogP contribution in [-0.4, -0.2) is 12.5 Å². The third kappa shape index (κ3) is 2.98. The minimum absolute atomic E-state index is 0.127. The highest BCUT2D eigenvalue weighted by Gasteiger charge is 2.50. The van der Waals surface area contributed by atoms with E-state index in [4.69, 9.17) is 5.26 Å². The highest BCUT2D eigenvalue weighted by Crippen LogP contribution is 2.45. The first-order valence-corrected chi connectivity index (χ1v) is 7.15. The van der Waals surface area contributed by atoms with Crippen molar-refractivity contribution in [3.63, 3.8) is 0 Å². The van der Waals surface area contributed by atoms with Gasteiger partial charge in [0, 0.05) is 16.4 Å². The molecule has 0 aromatic heterocycles. The summed E-state index contributed by atoms with van der Waals surface area (Å²) in [4.78, 5) is 12.0. The molecule has 1 amide bonds. The van der Waals surface area contributed by atoms with Gasteiger partial charge < -0.3 is 5.32 Å². The molecular formula is C15H17BrN2O. The van der Waals surface area contributed by atoms with Gasteiger partial charge in [-0.1, -0.05) is 41.9 Å². The molecule has 4 heteroatoms. The third-order valence-electron chi connectivity index (χ3n) is 3.70. The molecule has 1 fully saturated rings. The Morgan fingerprint density at radius 2 is 2.21 bits per heavy atom. The summed E-state index contributed by atoms with van der Waals surface area (Å²) in [5.41, 5.74) is 0.252. The van der Waals surface area contributed by atoms with Crippen molar-refractivity contribution in [3.8, 4) is 6.07 Å². The van der Waals surface area contributed by atoms with E-state index >= 15 is 0 Å². The van der Waals surface area contributed by atoms with Crippen LogP contribution in [0.4, 0.5) is 0 Å². The second kappa shape index (κ2) is 4.97. The van der Waals surface area contributed by atoms with Gasteiger partial charge in [-0.05, 0) is 30.5 Å². The van der Waals surface area contributed by atoms with E-state index < -0.39 is 5.41 Å². The molecule has 2 rings (SSSR count). The van der Waals surface area contributed by atoms with Gasteiger partial charge in [0.05, 0.1) is 6.07 Å². The Hall–Kier alpha value is -1.34. The van der Waals surface area contributed by atoms with Crippen LogP contribution in [0.3, 0.4) is 0 Å². The fourth-order valence-corrected chi connectivity index (χ4v) is 2.40. The number of halogens is 1. The summed E-state index contributed by atoms with van der Waals surface area (Å²) < 4.78 is 1.03. The van der Waals surface area contributed by atoms with Gasteiger partial charge in [-0.2, -0.15) is 5.26 Å². The summed E-state index contributed by atoms with van der Waals surface area (Å²) in [5.74, 6) is -0.127. The lowest BCUT2D eigenvalue weighted by Crippen LogP contribution is -2.40. The Labute approximate surface area is 122 Å². The number of benzene rings is 1. The maximum atomic E-state index is 12.0. The first-order valence-electron chi connectivity index (χ1n) is 6.35. The number of nitrogens with zero attached hydrogens (tertiary/aromatic N) is 1. The molecule has 0 unspecified atom stereocenters. The van der Waals surface area contributed by atoms with Gasteiger partial charge in [-0.3, -0.25) is 4.79 Å². The average Bonchev–Trinajstić information content (AvgIpc) is 3.17. The number of hydrogen-bond donors (Lipinski definition) is 1. The maximum absolute atomic E-state index is 12.0. The van der Waals surface area contributed by atoms with E-state index in [9.17, 15) is 4.79 Å². The highest BCUT2D eigenvalue weighted by molar-refractivity contribution is 9.10. The zero-order chi connectivity index (χ0) is 14.1. The molecule has 1 aliphatic rings. The van der Waals surface area contributed by atoms with Crippen molar-refractivity contribution in [2.24, 2.45) is 5.41 Å². The molecule has 0 radical (unpaired) electrons. The van der Waals surface area contributed by atoms with Crippen LogP contribution in [0.25, 0.3) is 0 Å². The molecule has 0 spiro atoms. The fourth-order valence-electron chi connectivity index (χ4n) is 2.00. The number of carbonyl (C=O) groups is 1. The number of nitriles is 1.